The van der Waals surface area contributed by atoms with Gasteiger partial charge in [-0.05, 0) is 6.07 Å². The average Bonchev–Trinajstić information content (AvgIpc) is 2.34. The Morgan fingerprint density at radius 2 is 2.60 bits per heavy atom. The number of fused-ring (bicyclic) bond motifs is 1. The van der Waals surface area contributed by atoms with Crippen molar-refractivity contribution >= 4 is 18.4 Å². The van der Waals surface area contributed by atoms with Gasteiger partial charge in [-0.1, -0.05) is 6.07 Å². The molecule has 3 heteroatoms. The fourth-order valence-corrected chi connectivity index (χ4v) is 1.44. The molecule has 1 aromatic heterocycles. The van der Waals surface area contributed by atoms with Crippen LogP contribution in [0.15, 0.2) is 18.3 Å². The SMILES string of the molecule is SC1CNc2ncccc21. The lowest BCUT2D eigenvalue weighted by atomic mass is 10.2. The number of thiol groups is 1. The Morgan fingerprint density at radius 1 is 1.70 bits per heavy atom. The molecule has 0 saturated carbocycles. The zero-order chi connectivity index (χ0) is 6.97. The van der Waals surface area contributed by atoms with Gasteiger partial charge in [0.25, 0.3) is 0 Å². The molecule has 2 heterocycles. The van der Waals surface area contributed by atoms with E-state index in [-0.39, 0.29) is 0 Å². The summed E-state index contributed by atoms with van der Waals surface area (Å²) < 4.78 is 0. The summed E-state index contributed by atoms with van der Waals surface area (Å²) in [6.07, 6.45) is 1.79. The zero-order valence-electron chi connectivity index (χ0n) is 5.41. The van der Waals surface area contributed by atoms with Crippen molar-refractivity contribution < 1.29 is 0 Å². The number of aromatic nitrogens is 1. The van der Waals surface area contributed by atoms with Crippen molar-refractivity contribution in [3.05, 3.63) is 23.9 Å². The second kappa shape index (κ2) is 2.16. The number of anilines is 1. The van der Waals surface area contributed by atoms with Gasteiger partial charge in [0, 0.05) is 23.6 Å². The van der Waals surface area contributed by atoms with Crippen molar-refractivity contribution in [2.45, 2.75) is 5.25 Å². The Morgan fingerprint density at radius 3 is 3.40 bits per heavy atom. The first kappa shape index (κ1) is 6.04. The standard InChI is InChI=1S/C7H8N2S/c10-6-4-9-7-5(6)2-1-3-8-7/h1-3,6,10H,4H2,(H,8,9). The van der Waals surface area contributed by atoms with E-state index in [0.29, 0.717) is 5.25 Å². The van der Waals surface area contributed by atoms with Gasteiger partial charge in [-0.3, -0.25) is 0 Å². The summed E-state index contributed by atoms with van der Waals surface area (Å²) in [5.74, 6) is 0.988. The fourth-order valence-electron chi connectivity index (χ4n) is 1.14. The van der Waals surface area contributed by atoms with Crippen LogP contribution in [0.5, 0.6) is 0 Å². The molecule has 52 valence electrons. The van der Waals surface area contributed by atoms with E-state index in [9.17, 15) is 0 Å². The summed E-state index contributed by atoms with van der Waals surface area (Å²) >= 11 is 4.37. The van der Waals surface area contributed by atoms with E-state index in [0.717, 1.165) is 12.4 Å². The van der Waals surface area contributed by atoms with Gasteiger partial charge in [0.1, 0.15) is 5.82 Å². The van der Waals surface area contributed by atoms with Crippen molar-refractivity contribution in [1.82, 2.24) is 4.98 Å². The molecule has 0 fully saturated rings. The van der Waals surface area contributed by atoms with Gasteiger partial charge in [0.15, 0.2) is 0 Å². The lowest BCUT2D eigenvalue weighted by molar-refractivity contribution is 1.08. The molecule has 2 rings (SSSR count). The molecule has 2 nitrogen and oxygen atoms in total. The van der Waals surface area contributed by atoms with Crippen LogP contribution in [0.3, 0.4) is 0 Å². The van der Waals surface area contributed by atoms with Crippen molar-refractivity contribution in [3.63, 3.8) is 0 Å². The van der Waals surface area contributed by atoms with Crippen molar-refractivity contribution in [2.75, 3.05) is 11.9 Å². The lowest BCUT2D eigenvalue weighted by Gasteiger charge is -1.97. The van der Waals surface area contributed by atoms with Crippen LogP contribution in [0.2, 0.25) is 0 Å². The lowest BCUT2D eigenvalue weighted by Crippen LogP contribution is -1.94. The highest BCUT2D eigenvalue weighted by molar-refractivity contribution is 7.80. The van der Waals surface area contributed by atoms with Crippen LogP contribution in [-0.4, -0.2) is 11.5 Å². The molecule has 0 aromatic carbocycles. The molecule has 10 heavy (non-hydrogen) atoms. The molecular weight excluding hydrogens is 144 g/mol. The van der Waals surface area contributed by atoms with E-state index in [4.69, 9.17) is 0 Å². The molecule has 1 aliphatic rings. The first-order valence-corrected chi connectivity index (χ1v) is 3.76. The predicted molar refractivity (Wildman–Crippen MR) is 44.5 cm³/mol. The maximum Gasteiger partial charge on any atom is 0.130 e. The zero-order valence-corrected chi connectivity index (χ0v) is 6.31. The molecule has 0 aliphatic carbocycles. The third-order valence-electron chi connectivity index (χ3n) is 1.66. The predicted octanol–water partition coefficient (Wildman–Crippen LogP) is 1.48. The highest BCUT2D eigenvalue weighted by atomic mass is 32.1. The fraction of sp³-hybridized carbons (Fsp3) is 0.286. The van der Waals surface area contributed by atoms with Gasteiger partial charge >= 0.3 is 0 Å². The smallest absolute Gasteiger partial charge is 0.130 e. The summed E-state index contributed by atoms with van der Waals surface area (Å²) in [4.78, 5) is 4.15. The minimum atomic E-state index is 0.323. The van der Waals surface area contributed by atoms with Gasteiger partial charge in [-0.15, -0.1) is 0 Å². The Hall–Kier alpha value is -0.700. The second-order valence-corrected chi connectivity index (χ2v) is 2.96. The highest BCUT2D eigenvalue weighted by Crippen LogP contribution is 2.30. The summed E-state index contributed by atoms with van der Waals surface area (Å²) in [6, 6.07) is 4.00. The summed E-state index contributed by atoms with van der Waals surface area (Å²) in [6.45, 7) is 0.898. The normalized spacial score (nSPS) is 21.9. The number of nitrogens with one attached hydrogen (secondary N) is 1. The second-order valence-electron chi connectivity index (χ2n) is 2.34. The molecule has 0 bridgehead atoms. The van der Waals surface area contributed by atoms with Gasteiger partial charge in [0.2, 0.25) is 0 Å². The minimum absolute atomic E-state index is 0.323. The Balaban J connectivity index is 2.51. The van der Waals surface area contributed by atoms with E-state index >= 15 is 0 Å². The molecule has 1 aromatic rings. The van der Waals surface area contributed by atoms with E-state index in [2.05, 4.69) is 29.0 Å². The molecular formula is C7H8N2S. The topological polar surface area (TPSA) is 24.9 Å². The minimum Gasteiger partial charge on any atom is -0.368 e. The largest absolute Gasteiger partial charge is 0.368 e. The molecule has 0 saturated heterocycles. The molecule has 0 amide bonds. The third-order valence-corrected chi connectivity index (χ3v) is 2.12. The van der Waals surface area contributed by atoms with Gasteiger partial charge < -0.3 is 5.32 Å². The maximum atomic E-state index is 4.37. The molecule has 0 spiro atoms. The number of nitrogens with zero attached hydrogens (tertiary/aromatic N) is 1. The molecule has 1 aliphatic heterocycles. The van der Waals surface area contributed by atoms with E-state index in [1.54, 1.807) is 6.20 Å². The van der Waals surface area contributed by atoms with Crippen LogP contribution in [0, 0.1) is 0 Å². The van der Waals surface area contributed by atoms with Crippen LogP contribution in [0.25, 0.3) is 0 Å². The summed E-state index contributed by atoms with van der Waals surface area (Å²) in [7, 11) is 0. The van der Waals surface area contributed by atoms with Crippen LogP contribution >= 0.6 is 12.6 Å². The number of hydrogen-bond donors (Lipinski definition) is 2. The summed E-state index contributed by atoms with van der Waals surface area (Å²) in [5.41, 5.74) is 1.21. The number of rotatable bonds is 0. The maximum absolute atomic E-state index is 4.37. The van der Waals surface area contributed by atoms with Crippen molar-refractivity contribution in [1.29, 1.82) is 0 Å². The van der Waals surface area contributed by atoms with Crippen LogP contribution in [0.1, 0.15) is 10.8 Å². The number of pyridine rings is 1. The molecule has 1 unspecified atom stereocenters. The highest BCUT2D eigenvalue weighted by Gasteiger charge is 2.18. The van der Waals surface area contributed by atoms with Gasteiger partial charge in [-0.2, -0.15) is 12.6 Å². The Kier molecular flexibility index (Phi) is 1.31. The van der Waals surface area contributed by atoms with Gasteiger partial charge in [0.05, 0.1) is 0 Å². The Bertz CT molecular complexity index is 249. The molecule has 1 atom stereocenters. The first-order valence-electron chi connectivity index (χ1n) is 3.25. The van der Waals surface area contributed by atoms with Crippen molar-refractivity contribution in [3.8, 4) is 0 Å². The van der Waals surface area contributed by atoms with Crippen LogP contribution in [-0.2, 0) is 0 Å². The third kappa shape index (κ3) is 0.778. The van der Waals surface area contributed by atoms with Crippen LogP contribution in [0.4, 0.5) is 5.82 Å². The molecule has 1 N–H and O–H groups in total. The van der Waals surface area contributed by atoms with Crippen LogP contribution < -0.4 is 5.32 Å². The number of hydrogen-bond acceptors (Lipinski definition) is 3. The van der Waals surface area contributed by atoms with E-state index in [1.165, 1.54) is 5.56 Å². The first-order chi connectivity index (χ1) is 4.88. The summed E-state index contributed by atoms with van der Waals surface area (Å²) in [5, 5.41) is 3.49. The van der Waals surface area contributed by atoms with Gasteiger partial charge in [-0.25, -0.2) is 4.98 Å². The van der Waals surface area contributed by atoms with Crippen molar-refractivity contribution in [2.24, 2.45) is 0 Å². The quantitative estimate of drug-likeness (QED) is 0.550. The monoisotopic (exact) mass is 152 g/mol. The molecule has 0 radical (unpaired) electrons. The average molecular weight is 152 g/mol. The Labute approximate surface area is 65.1 Å². The van der Waals surface area contributed by atoms with E-state index < -0.39 is 0 Å². The van der Waals surface area contributed by atoms with E-state index in [1.807, 2.05) is 6.07 Å².